The second kappa shape index (κ2) is 7.28. The van der Waals surface area contributed by atoms with Gasteiger partial charge in [0.2, 0.25) is 5.91 Å². The molecular formula is C21H24N2O2. The van der Waals surface area contributed by atoms with Crippen LogP contribution in [0.4, 0.5) is 0 Å². The molecule has 1 N–H and O–H groups in total. The third-order valence-corrected chi connectivity index (χ3v) is 5.12. The molecule has 0 aliphatic carbocycles. The maximum atomic E-state index is 13.2. The maximum Gasteiger partial charge on any atom is 0.244 e. The fourth-order valence-electron chi connectivity index (χ4n) is 3.75. The molecular weight excluding hydrogens is 312 g/mol. The summed E-state index contributed by atoms with van der Waals surface area (Å²) in [5, 5.41) is 3.57. The minimum Gasteiger partial charge on any atom is -0.491 e. The highest BCUT2D eigenvalue weighted by atomic mass is 16.5. The van der Waals surface area contributed by atoms with Crippen molar-refractivity contribution in [3.8, 4) is 5.75 Å². The van der Waals surface area contributed by atoms with E-state index in [1.54, 1.807) is 0 Å². The summed E-state index contributed by atoms with van der Waals surface area (Å²) in [5.74, 6) is 1.09. The van der Waals surface area contributed by atoms with E-state index in [1.165, 1.54) is 6.42 Å². The predicted molar refractivity (Wildman–Crippen MR) is 97.4 cm³/mol. The number of hydrogen-bond donors (Lipinski definition) is 1. The maximum absolute atomic E-state index is 13.2. The number of amides is 1. The normalized spacial score (nSPS) is 20.6. The van der Waals surface area contributed by atoms with Gasteiger partial charge in [-0.3, -0.25) is 10.1 Å². The van der Waals surface area contributed by atoms with Crippen LogP contribution < -0.4 is 10.1 Å². The van der Waals surface area contributed by atoms with E-state index in [4.69, 9.17) is 4.74 Å². The van der Waals surface area contributed by atoms with E-state index >= 15 is 0 Å². The van der Waals surface area contributed by atoms with E-state index < -0.39 is 0 Å². The van der Waals surface area contributed by atoms with Crippen LogP contribution in [0.15, 0.2) is 54.6 Å². The third-order valence-electron chi connectivity index (χ3n) is 5.12. The van der Waals surface area contributed by atoms with Gasteiger partial charge in [0.15, 0.2) is 0 Å². The lowest BCUT2D eigenvalue weighted by Gasteiger charge is -2.32. The molecule has 4 heteroatoms. The number of carbonyl (C=O) groups is 1. The number of para-hydroxylation sites is 1. The van der Waals surface area contributed by atoms with Gasteiger partial charge in [-0.25, -0.2) is 0 Å². The van der Waals surface area contributed by atoms with Crippen LogP contribution in [-0.2, 0) is 4.79 Å². The lowest BCUT2D eigenvalue weighted by molar-refractivity contribution is -0.134. The van der Waals surface area contributed by atoms with Crippen molar-refractivity contribution in [2.24, 2.45) is 0 Å². The van der Waals surface area contributed by atoms with Crippen molar-refractivity contribution in [1.29, 1.82) is 0 Å². The number of likely N-dealkylation sites (tertiary alicyclic amines) is 1. The van der Waals surface area contributed by atoms with Crippen molar-refractivity contribution < 1.29 is 9.53 Å². The van der Waals surface area contributed by atoms with Gasteiger partial charge in [-0.1, -0.05) is 48.5 Å². The van der Waals surface area contributed by atoms with Crippen LogP contribution in [0.3, 0.4) is 0 Å². The highest BCUT2D eigenvalue weighted by molar-refractivity contribution is 5.83. The lowest BCUT2D eigenvalue weighted by Crippen LogP contribution is -2.44. The van der Waals surface area contributed by atoms with E-state index in [2.05, 4.69) is 11.4 Å². The zero-order valence-electron chi connectivity index (χ0n) is 14.4. The number of fused-ring (bicyclic) bond motifs is 1. The zero-order valence-corrected chi connectivity index (χ0v) is 14.4. The van der Waals surface area contributed by atoms with Crippen LogP contribution in [0.2, 0.25) is 0 Å². The van der Waals surface area contributed by atoms with Crippen molar-refractivity contribution in [3.05, 3.63) is 65.7 Å². The van der Waals surface area contributed by atoms with Crippen LogP contribution >= 0.6 is 0 Å². The summed E-state index contributed by atoms with van der Waals surface area (Å²) < 4.78 is 5.79. The predicted octanol–water partition coefficient (Wildman–Crippen LogP) is 3.46. The van der Waals surface area contributed by atoms with Gasteiger partial charge in [-0.05, 0) is 30.9 Å². The van der Waals surface area contributed by atoms with E-state index in [0.29, 0.717) is 6.61 Å². The Hall–Kier alpha value is -2.33. The lowest BCUT2D eigenvalue weighted by atomic mass is 10.0. The van der Waals surface area contributed by atoms with Crippen LogP contribution in [-0.4, -0.2) is 30.5 Å². The molecule has 0 radical (unpaired) electrons. The minimum atomic E-state index is -0.334. The van der Waals surface area contributed by atoms with Gasteiger partial charge in [0.05, 0.1) is 6.04 Å². The second-order valence-corrected chi connectivity index (χ2v) is 6.80. The van der Waals surface area contributed by atoms with Crippen molar-refractivity contribution in [3.63, 3.8) is 0 Å². The van der Waals surface area contributed by atoms with Crippen molar-refractivity contribution in [1.82, 2.24) is 10.2 Å². The Kier molecular flexibility index (Phi) is 4.70. The standard InChI is InChI=1S/C21H24N2O2/c24-21(23-13-7-2-8-14-23)20(16-9-3-1-4-10-16)22-18-15-25-19-12-6-5-11-17(18)19/h1,3-6,9-12,18,20,22H,2,7-8,13-15H2/t18-,20+/m0/s1. The highest BCUT2D eigenvalue weighted by Crippen LogP contribution is 2.34. The molecule has 0 bridgehead atoms. The van der Waals surface area contributed by atoms with Gasteiger partial charge in [0.1, 0.15) is 18.4 Å². The number of benzene rings is 2. The molecule has 2 atom stereocenters. The molecule has 25 heavy (non-hydrogen) atoms. The summed E-state index contributed by atoms with van der Waals surface area (Å²) in [6.07, 6.45) is 3.42. The summed E-state index contributed by atoms with van der Waals surface area (Å²) in [5.41, 5.74) is 2.15. The topological polar surface area (TPSA) is 41.6 Å². The Morgan fingerprint density at radius 3 is 2.52 bits per heavy atom. The SMILES string of the molecule is O=C([C@H](N[C@H]1COc2ccccc21)c1ccccc1)N1CCCCC1. The van der Waals surface area contributed by atoms with Crippen molar-refractivity contribution in [2.45, 2.75) is 31.3 Å². The Morgan fingerprint density at radius 2 is 1.72 bits per heavy atom. The highest BCUT2D eigenvalue weighted by Gasteiger charge is 2.32. The van der Waals surface area contributed by atoms with Crippen LogP contribution in [0.1, 0.15) is 42.5 Å². The first kappa shape index (κ1) is 16.2. The number of ether oxygens (including phenoxy) is 1. The average molecular weight is 336 g/mol. The van der Waals surface area contributed by atoms with Crippen LogP contribution in [0.5, 0.6) is 5.75 Å². The number of nitrogens with zero attached hydrogens (tertiary/aromatic N) is 1. The smallest absolute Gasteiger partial charge is 0.244 e. The summed E-state index contributed by atoms with van der Waals surface area (Å²) in [6.45, 7) is 2.29. The quantitative estimate of drug-likeness (QED) is 0.930. The monoisotopic (exact) mass is 336 g/mol. The second-order valence-electron chi connectivity index (χ2n) is 6.80. The fourth-order valence-corrected chi connectivity index (χ4v) is 3.75. The molecule has 0 saturated carbocycles. The molecule has 4 rings (SSSR count). The molecule has 2 aliphatic heterocycles. The van der Waals surface area contributed by atoms with E-state index in [-0.39, 0.29) is 18.0 Å². The fraction of sp³-hybridized carbons (Fsp3) is 0.381. The van der Waals surface area contributed by atoms with Gasteiger partial charge < -0.3 is 9.64 Å². The van der Waals surface area contributed by atoms with E-state index in [0.717, 1.165) is 42.8 Å². The van der Waals surface area contributed by atoms with Gasteiger partial charge in [0.25, 0.3) is 0 Å². The van der Waals surface area contributed by atoms with Crippen molar-refractivity contribution in [2.75, 3.05) is 19.7 Å². The van der Waals surface area contributed by atoms with Gasteiger partial charge in [0, 0.05) is 18.7 Å². The first-order chi connectivity index (χ1) is 12.3. The molecule has 1 fully saturated rings. The minimum absolute atomic E-state index is 0.0372. The zero-order chi connectivity index (χ0) is 17.1. The number of carbonyl (C=O) groups excluding carboxylic acids is 1. The average Bonchev–Trinajstić information content (AvgIpc) is 3.10. The summed E-state index contributed by atoms with van der Waals surface area (Å²) >= 11 is 0. The number of rotatable bonds is 4. The largest absolute Gasteiger partial charge is 0.491 e. The van der Waals surface area contributed by atoms with Crippen LogP contribution in [0, 0.1) is 0 Å². The van der Waals surface area contributed by atoms with Gasteiger partial charge in [-0.2, -0.15) is 0 Å². The molecule has 0 spiro atoms. The first-order valence-corrected chi connectivity index (χ1v) is 9.14. The molecule has 0 aromatic heterocycles. The summed E-state index contributed by atoms with van der Waals surface area (Å²) in [6, 6.07) is 17.8. The number of hydrogen-bond acceptors (Lipinski definition) is 3. The summed E-state index contributed by atoms with van der Waals surface area (Å²) in [7, 11) is 0. The molecule has 2 aliphatic rings. The molecule has 1 amide bonds. The molecule has 130 valence electrons. The Morgan fingerprint density at radius 1 is 1.00 bits per heavy atom. The van der Waals surface area contributed by atoms with Gasteiger partial charge >= 0.3 is 0 Å². The Bertz CT molecular complexity index is 726. The molecule has 2 aromatic carbocycles. The molecule has 4 nitrogen and oxygen atoms in total. The van der Waals surface area contributed by atoms with E-state index in [9.17, 15) is 4.79 Å². The van der Waals surface area contributed by atoms with E-state index in [1.807, 2.05) is 53.4 Å². The number of piperidine rings is 1. The molecule has 1 saturated heterocycles. The molecule has 0 unspecified atom stereocenters. The van der Waals surface area contributed by atoms with Crippen molar-refractivity contribution >= 4 is 5.91 Å². The Balaban J connectivity index is 1.59. The van der Waals surface area contributed by atoms with Gasteiger partial charge in [-0.15, -0.1) is 0 Å². The number of nitrogens with one attached hydrogen (secondary N) is 1. The first-order valence-electron chi connectivity index (χ1n) is 9.14. The molecule has 2 aromatic rings. The molecule has 2 heterocycles. The van der Waals surface area contributed by atoms with Crippen LogP contribution in [0.25, 0.3) is 0 Å². The Labute approximate surface area is 148 Å². The third kappa shape index (κ3) is 3.40. The summed E-state index contributed by atoms with van der Waals surface area (Å²) in [4.78, 5) is 15.2.